The quantitative estimate of drug-likeness (QED) is 0.528. The first-order valence-corrected chi connectivity index (χ1v) is 10.5. The number of carbonyl (C=O) groups is 3. The number of carbonyl (C=O) groups excluding carboxylic acids is 3. The molecule has 2 N–H and O–H groups in total. The summed E-state index contributed by atoms with van der Waals surface area (Å²) in [6.07, 6.45) is 0. The molecule has 0 radical (unpaired) electrons. The van der Waals surface area contributed by atoms with Crippen LogP contribution in [0, 0.1) is 25.5 Å². The van der Waals surface area contributed by atoms with E-state index in [0.717, 1.165) is 28.2 Å². The van der Waals surface area contributed by atoms with Gasteiger partial charge in [-0.3, -0.25) is 14.4 Å². The third kappa shape index (κ3) is 4.30. The van der Waals surface area contributed by atoms with Gasteiger partial charge in [0.1, 0.15) is 5.70 Å². The van der Waals surface area contributed by atoms with Gasteiger partial charge in [0.05, 0.1) is 11.3 Å². The van der Waals surface area contributed by atoms with E-state index in [9.17, 15) is 23.2 Å². The minimum absolute atomic E-state index is 0.0507. The normalized spacial score (nSPS) is 13.5. The van der Waals surface area contributed by atoms with Crippen LogP contribution in [0.4, 0.5) is 25.8 Å². The largest absolute Gasteiger partial charge is 0.350 e. The number of anilines is 3. The summed E-state index contributed by atoms with van der Waals surface area (Å²) in [5.41, 5.74) is 3.46. The molecule has 8 heteroatoms. The number of nitrogens with zero attached hydrogens (tertiary/aromatic N) is 1. The first-order valence-electron chi connectivity index (χ1n) is 10.5. The Morgan fingerprint density at radius 2 is 1.47 bits per heavy atom. The molecule has 1 heterocycles. The Bertz CT molecular complexity index is 1360. The molecule has 0 bridgehead atoms. The Hall–Kier alpha value is -4.33. The minimum Gasteiger partial charge on any atom is -0.350 e. The molecule has 0 aliphatic carbocycles. The highest BCUT2D eigenvalue weighted by Gasteiger charge is 2.40. The maximum absolute atomic E-state index is 13.8. The number of hydrogen-bond donors (Lipinski definition) is 2. The first kappa shape index (κ1) is 22.8. The Labute approximate surface area is 194 Å². The van der Waals surface area contributed by atoms with E-state index in [0.29, 0.717) is 16.9 Å². The smallest absolute Gasteiger partial charge is 0.282 e. The minimum atomic E-state index is -1.08. The van der Waals surface area contributed by atoms with Crippen LogP contribution in [0.15, 0.2) is 66.4 Å². The molecular formula is C26H21F2N3O3. The highest BCUT2D eigenvalue weighted by Crippen LogP contribution is 2.35. The van der Waals surface area contributed by atoms with Crippen LogP contribution in [0.5, 0.6) is 0 Å². The number of imide groups is 1. The standard InChI is InChI=1S/C26H21F2N3O3/c1-14-4-5-17(12-15(14)2)23-24(30-19-8-11-21(27)22(28)13-19)26(34)31(25(23)33)20-9-6-18(7-10-20)29-16(3)32/h4-13,30H,1-3H3,(H,29,32). The van der Waals surface area contributed by atoms with Gasteiger partial charge >= 0.3 is 0 Å². The molecule has 1 aliphatic heterocycles. The van der Waals surface area contributed by atoms with Crippen LogP contribution in [-0.2, 0) is 14.4 Å². The van der Waals surface area contributed by atoms with Gasteiger partial charge in [-0.05, 0) is 66.9 Å². The summed E-state index contributed by atoms with van der Waals surface area (Å²) < 4.78 is 27.2. The Kier molecular flexibility index (Phi) is 5.98. The summed E-state index contributed by atoms with van der Waals surface area (Å²) in [4.78, 5) is 39.2. The molecule has 34 heavy (non-hydrogen) atoms. The number of rotatable bonds is 5. The summed E-state index contributed by atoms with van der Waals surface area (Å²) in [6, 6.07) is 14.8. The molecule has 0 atom stereocenters. The van der Waals surface area contributed by atoms with E-state index >= 15 is 0 Å². The van der Waals surface area contributed by atoms with Crippen LogP contribution in [0.25, 0.3) is 5.57 Å². The zero-order chi connectivity index (χ0) is 24.6. The second kappa shape index (κ2) is 8.90. The van der Waals surface area contributed by atoms with Crippen LogP contribution >= 0.6 is 0 Å². The molecule has 3 aromatic rings. The number of amides is 3. The summed E-state index contributed by atoms with van der Waals surface area (Å²) >= 11 is 0. The molecule has 0 unspecified atom stereocenters. The van der Waals surface area contributed by atoms with Crippen LogP contribution in [0.3, 0.4) is 0 Å². The van der Waals surface area contributed by atoms with Crippen molar-refractivity contribution in [1.29, 1.82) is 0 Å². The summed E-state index contributed by atoms with van der Waals surface area (Å²) in [5.74, 6) is -3.57. The fraction of sp³-hybridized carbons (Fsp3) is 0.115. The van der Waals surface area contributed by atoms with Gasteiger partial charge < -0.3 is 10.6 Å². The summed E-state index contributed by atoms with van der Waals surface area (Å²) in [7, 11) is 0. The maximum atomic E-state index is 13.8. The lowest BCUT2D eigenvalue weighted by Crippen LogP contribution is -2.32. The number of aryl methyl sites for hydroxylation is 2. The lowest BCUT2D eigenvalue weighted by Gasteiger charge is -2.16. The number of benzene rings is 3. The van der Waals surface area contributed by atoms with Crippen molar-refractivity contribution in [2.24, 2.45) is 0 Å². The lowest BCUT2D eigenvalue weighted by molar-refractivity contribution is -0.120. The van der Waals surface area contributed by atoms with Crippen LogP contribution in [0.1, 0.15) is 23.6 Å². The van der Waals surface area contributed by atoms with Crippen molar-refractivity contribution in [1.82, 2.24) is 0 Å². The van der Waals surface area contributed by atoms with E-state index in [1.807, 2.05) is 19.9 Å². The van der Waals surface area contributed by atoms with E-state index in [1.54, 1.807) is 36.4 Å². The van der Waals surface area contributed by atoms with Gasteiger partial charge in [-0.1, -0.05) is 18.2 Å². The zero-order valence-electron chi connectivity index (χ0n) is 18.7. The Balaban J connectivity index is 1.78. The zero-order valence-corrected chi connectivity index (χ0v) is 18.7. The van der Waals surface area contributed by atoms with E-state index in [4.69, 9.17) is 0 Å². The van der Waals surface area contributed by atoms with E-state index in [2.05, 4.69) is 10.6 Å². The third-order valence-corrected chi connectivity index (χ3v) is 5.51. The van der Waals surface area contributed by atoms with Crippen molar-refractivity contribution in [2.75, 3.05) is 15.5 Å². The Morgan fingerprint density at radius 1 is 0.794 bits per heavy atom. The molecule has 0 aromatic heterocycles. The molecular weight excluding hydrogens is 440 g/mol. The van der Waals surface area contributed by atoms with Gasteiger partial charge in [-0.2, -0.15) is 0 Å². The molecule has 0 spiro atoms. The average Bonchev–Trinajstić information content (AvgIpc) is 3.02. The molecule has 0 fully saturated rings. The summed E-state index contributed by atoms with van der Waals surface area (Å²) in [5, 5.41) is 5.44. The van der Waals surface area contributed by atoms with Crippen LogP contribution in [0.2, 0.25) is 0 Å². The van der Waals surface area contributed by atoms with Crippen molar-refractivity contribution >= 4 is 40.4 Å². The summed E-state index contributed by atoms with van der Waals surface area (Å²) in [6.45, 7) is 5.19. The number of hydrogen-bond acceptors (Lipinski definition) is 4. The van der Waals surface area contributed by atoms with E-state index in [1.165, 1.54) is 13.0 Å². The van der Waals surface area contributed by atoms with Gasteiger partial charge in [0.15, 0.2) is 11.6 Å². The van der Waals surface area contributed by atoms with Gasteiger partial charge in [0.25, 0.3) is 11.8 Å². The van der Waals surface area contributed by atoms with Crippen molar-refractivity contribution in [2.45, 2.75) is 20.8 Å². The monoisotopic (exact) mass is 461 g/mol. The Morgan fingerprint density at radius 3 is 2.09 bits per heavy atom. The van der Waals surface area contributed by atoms with Crippen LogP contribution in [-0.4, -0.2) is 17.7 Å². The molecule has 4 rings (SSSR count). The SMILES string of the molecule is CC(=O)Nc1ccc(N2C(=O)C(Nc3ccc(F)c(F)c3)=C(c3ccc(C)c(C)c3)C2=O)cc1. The van der Waals surface area contributed by atoms with Gasteiger partial charge in [-0.25, -0.2) is 13.7 Å². The van der Waals surface area contributed by atoms with Gasteiger partial charge in [0.2, 0.25) is 5.91 Å². The number of halogens is 2. The fourth-order valence-electron chi connectivity index (χ4n) is 3.66. The van der Waals surface area contributed by atoms with Crippen molar-refractivity contribution in [3.05, 3.63) is 94.7 Å². The molecule has 3 amide bonds. The molecule has 0 saturated heterocycles. The topological polar surface area (TPSA) is 78.5 Å². The molecule has 1 aliphatic rings. The second-order valence-electron chi connectivity index (χ2n) is 7.98. The molecule has 6 nitrogen and oxygen atoms in total. The predicted octanol–water partition coefficient (Wildman–Crippen LogP) is 4.94. The van der Waals surface area contributed by atoms with Crippen molar-refractivity contribution in [3.63, 3.8) is 0 Å². The van der Waals surface area contributed by atoms with Crippen molar-refractivity contribution < 1.29 is 23.2 Å². The molecule has 3 aromatic carbocycles. The fourth-order valence-corrected chi connectivity index (χ4v) is 3.66. The average molecular weight is 461 g/mol. The van der Waals surface area contributed by atoms with E-state index < -0.39 is 23.4 Å². The van der Waals surface area contributed by atoms with Crippen molar-refractivity contribution in [3.8, 4) is 0 Å². The molecule has 0 saturated carbocycles. The number of nitrogens with one attached hydrogen (secondary N) is 2. The maximum Gasteiger partial charge on any atom is 0.282 e. The predicted molar refractivity (Wildman–Crippen MR) is 126 cm³/mol. The lowest BCUT2D eigenvalue weighted by atomic mass is 9.99. The second-order valence-corrected chi connectivity index (χ2v) is 7.98. The van der Waals surface area contributed by atoms with E-state index in [-0.39, 0.29) is 22.9 Å². The highest BCUT2D eigenvalue weighted by molar-refractivity contribution is 6.46. The van der Waals surface area contributed by atoms with Gasteiger partial charge in [-0.15, -0.1) is 0 Å². The van der Waals surface area contributed by atoms with Crippen LogP contribution < -0.4 is 15.5 Å². The molecule has 172 valence electrons. The first-order chi connectivity index (χ1) is 16.2. The third-order valence-electron chi connectivity index (χ3n) is 5.51. The highest BCUT2D eigenvalue weighted by atomic mass is 19.2. The van der Waals surface area contributed by atoms with Gasteiger partial charge in [0, 0.05) is 24.4 Å².